The summed E-state index contributed by atoms with van der Waals surface area (Å²) in [6.07, 6.45) is 2.96. The highest BCUT2D eigenvalue weighted by atomic mass is 79.9. The van der Waals surface area contributed by atoms with E-state index in [0.29, 0.717) is 5.92 Å². The van der Waals surface area contributed by atoms with Crippen LogP contribution in [0.3, 0.4) is 0 Å². The molecule has 0 aliphatic rings. The van der Waals surface area contributed by atoms with Crippen LogP contribution in [0, 0.1) is 5.92 Å². The van der Waals surface area contributed by atoms with Crippen LogP contribution in [0.25, 0.3) is 0 Å². The van der Waals surface area contributed by atoms with E-state index in [1.54, 1.807) is 0 Å². The van der Waals surface area contributed by atoms with Crippen molar-refractivity contribution in [2.24, 2.45) is 5.92 Å². The van der Waals surface area contributed by atoms with Crippen molar-refractivity contribution in [1.82, 2.24) is 9.78 Å². The lowest BCUT2D eigenvalue weighted by Crippen LogP contribution is -2.25. The standard InChI is InChI=1S/C11H19BrN2/c1-8(2)6-10-9(12)7-13-14(10)11(3,4)5/h7-8H,6H2,1-5H3. The molecule has 80 valence electrons. The fourth-order valence-electron chi connectivity index (χ4n) is 1.50. The molecule has 1 rings (SSSR count). The molecule has 0 aliphatic heterocycles. The summed E-state index contributed by atoms with van der Waals surface area (Å²) in [6.45, 7) is 11.0. The molecule has 0 aromatic carbocycles. The van der Waals surface area contributed by atoms with Crippen molar-refractivity contribution < 1.29 is 0 Å². The van der Waals surface area contributed by atoms with E-state index in [-0.39, 0.29) is 5.54 Å². The predicted octanol–water partition coefficient (Wildman–Crippen LogP) is 3.60. The van der Waals surface area contributed by atoms with E-state index in [1.165, 1.54) is 5.69 Å². The highest BCUT2D eigenvalue weighted by molar-refractivity contribution is 9.10. The van der Waals surface area contributed by atoms with Gasteiger partial charge in [-0.3, -0.25) is 4.68 Å². The molecule has 0 spiro atoms. The van der Waals surface area contributed by atoms with Gasteiger partial charge >= 0.3 is 0 Å². The Morgan fingerprint density at radius 1 is 1.43 bits per heavy atom. The molecule has 0 unspecified atom stereocenters. The summed E-state index contributed by atoms with van der Waals surface area (Å²) in [7, 11) is 0. The van der Waals surface area contributed by atoms with Crippen molar-refractivity contribution in [1.29, 1.82) is 0 Å². The Kier molecular flexibility index (Phi) is 3.40. The Morgan fingerprint density at radius 2 is 2.00 bits per heavy atom. The average Bonchev–Trinajstić information content (AvgIpc) is 2.30. The van der Waals surface area contributed by atoms with Gasteiger partial charge in [-0.2, -0.15) is 5.10 Å². The number of hydrogen-bond donors (Lipinski definition) is 0. The first-order valence-electron chi connectivity index (χ1n) is 5.05. The Hall–Kier alpha value is -0.310. The fourth-order valence-corrected chi connectivity index (χ4v) is 1.92. The molecule has 0 amide bonds. The number of nitrogens with zero attached hydrogens (tertiary/aromatic N) is 2. The molecule has 0 saturated carbocycles. The summed E-state index contributed by atoms with van der Waals surface area (Å²) in [4.78, 5) is 0. The lowest BCUT2D eigenvalue weighted by atomic mass is 10.1. The summed E-state index contributed by atoms with van der Waals surface area (Å²) in [6, 6.07) is 0. The SMILES string of the molecule is CC(C)Cc1c(Br)cnn1C(C)(C)C. The maximum Gasteiger partial charge on any atom is 0.0635 e. The third-order valence-electron chi connectivity index (χ3n) is 2.05. The summed E-state index contributed by atoms with van der Waals surface area (Å²) in [5.41, 5.74) is 1.36. The maximum atomic E-state index is 4.41. The molecular weight excluding hydrogens is 240 g/mol. The third kappa shape index (κ3) is 2.59. The lowest BCUT2D eigenvalue weighted by molar-refractivity contribution is 0.338. The van der Waals surface area contributed by atoms with E-state index < -0.39 is 0 Å². The molecule has 0 aliphatic carbocycles. The Bertz CT molecular complexity index is 308. The van der Waals surface area contributed by atoms with Gasteiger partial charge in [-0.1, -0.05) is 13.8 Å². The Labute approximate surface area is 94.8 Å². The third-order valence-corrected chi connectivity index (χ3v) is 2.72. The minimum absolute atomic E-state index is 0.0657. The minimum Gasteiger partial charge on any atom is -0.263 e. The largest absolute Gasteiger partial charge is 0.263 e. The van der Waals surface area contributed by atoms with Gasteiger partial charge in [0.2, 0.25) is 0 Å². The molecule has 1 aromatic rings. The first-order valence-corrected chi connectivity index (χ1v) is 5.84. The first kappa shape index (κ1) is 11.8. The van der Waals surface area contributed by atoms with Gasteiger partial charge in [-0.15, -0.1) is 0 Å². The van der Waals surface area contributed by atoms with Crippen LogP contribution in [-0.2, 0) is 12.0 Å². The molecule has 0 N–H and O–H groups in total. The van der Waals surface area contributed by atoms with Crippen LogP contribution >= 0.6 is 15.9 Å². The fraction of sp³-hybridized carbons (Fsp3) is 0.727. The number of rotatable bonds is 2. The van der Waals surface area contributed by atoms with Crippen molar-refractivity contribution in [2.45, 2.75) is 46.6 Å². The first-order chi connectivity index (χ1) is 6.32. The molecular formula is C11H19BrN2. The van der Waals surface area contributed by atoms with Gasteiger partial charge in [0.25, 0.3) is 0 Å². The van der Waals surface area contributed by atoms with Crippen molar-refractivity contribution >= 4 is 15.9 Å². The zero-order chi connectivity index (χ0) is 10.9. The molecule has 1 aromatic heterocycles. The summed E-state index contributed by atoms with van der Waals surface area (Å²) < 4.78 is 3.23. The van der Waals surface area contributed by atoms with Gasteiger partial charge in [0.15, 0.2) is 0 Å². The van der Waals surface area contributed by atoms with E-state index in [0.717, 1.165) is 10.9 Å². The van der Waals surface area contributed by atoms with E-state index in [4.69, 9.17) is 0 Å². The quantitative estimate of drug-likeness (QED) is 0.793. The van der Waals surface area contributed by atoms with Gasteiger partial charge in [0.05, 0.1) is 21.9 Å². The van der Waals surface area contributed by atoms with Crippen LogP contribution < -0.4 is 0 Å². The molecule has 0 radical (unpaired) electrons. The van der Waals surface area contributed by atoms with Crippen molar-refractivity contribution in [3.8, 4) is 0 Å². The highest BCUT2D eigenvalue weighted by Gasteiger charge is 2.20. The van der Waals surface area contributed by atoms with Crippen molar-refractivity contribution in [3.63, 3.8) is 0 Å². The number of halogens is 1. The smallest absolute Gasteiger partial charge is 0.0635 e. The molecule has 1 heterocycles. The summed E-state index contributed by atoms with van der Waals surface area (Å²) in [5, 5.41) is 4.41. The van der Waals surface area contributed by atoms with E-state index in [2.05, 4.69) is 60.3 Å². The molecule has 0 saturated heterocycles. The topological polar surface area (TPSA) is 17.8 Å². The van der Waals surface area contributed by atoms with Gasteiger partial charge in [-0.05, 0) is 49.0 Å². The van der Waals surface area contributed by atoms with Crippen LogP contribution in [0.5, 0.6) is 0 Å². The number of aromatic nitrogens is 2. The van der Waals surface area contributed by atoms with Crippen LogP contribution in [0.4, 0.5) is 0 Å². The van der Waals surface area contributed by atoms with Gasteiger partial charge in [0, 0.05) is 0 Å². The van der Waals surface area contributed by atoms with Crippen LogP contribution in [0.2, 0.25) is 0 Å². The molecule has 3 heteroatoms. The van der Waals surface area contributed by atoms with Crippen molar-refractivity contribution in [2.75, 3.05) is 0 Å². The second-order valence-corrected chi connectivity index (χ2v) is 5.97. The zero-order valence-corrected chi connectivity index (χ0v) is 11.2. The molecule has 0 bridgehead atoms. The minimum atomic E-state index is 0.0657. The van der Waals surface area contributed by atoms with Gasteiger partial charge < -0.3 is 0 Å². The number of hydrogen-bond acceptors (Lipinski definition) is 1. The second kappa shape index (κ2) is 4.05. The average molecular weight is 259 g/mol. The van der Waals surface area contributed by atoms with Crippen molar-refractivity contribution in [3.05, 3.63) is 16.4 Å². The summed E-state index contributed by atoms with van der Waals surface area (Å²) >= 11 is 3.55. The lowest BCUT2D eigenvalue weighted by Gasteiger charge is -2.23. The highest BCUT2D eigenvalue weighted by Crippen LogP contribution is 2.25. The summed E-state index contributed by atoms with van der Waals surface area (Å²) in [5.74, 6) is 0.657. The van der Waals surface area contributed by atoms with E-state index in [1.807, 2.05) is 6.20 Å². The normalized spacial score (nSPS) is 12.5. The molecule has 0 fully saturated rings. The Morgan fingerprint density at radius 3 is 2.43 bits per heavy atom. The molecule has 0 atom stereocenters. The Balaban J connectivity index is 3.06. The van der Waals surface area contributed by atoms with E-state index in [9.17, 15) is 0 Å². The zero-order valence-electron chi connectivity index (χ0n) is 9.63. The van der Waals surface area contributed by atoms with Crippen LogP contribution in [-0.4, -0.2) is 9.78 Å². The maximum absolute atomic E-state index is 4.41. The van der Waals surface area contributed by atoms with E-state index >= 15 is 0 Å². The second-order valence-electron chi connectivity index (χ2n) is 5.12. The molecule has 14 heavy (non-hydrogen) atoms. The van der Waals surface area contributed by atoms with Crippen LogP contribution in [0.1, 0.15) is 40.3 Å². The monoisotopic (exact) mass is 258 g/mol. The van der Waals surface area contributed by atoms with Gasteiger partial charge in [0.1, 0.15) is 0 Å². The predicted molar refractivity (Wildman–Crippen MR) is 63.5 cm³/mol. The van der Waals surface area contributed by atoms with Gasteiger partial charge in [-0.25, -0.2) is 0 Å². The van der Waals surface area contributed by atoms with Crippen LogP contribution in [0.15, 0.2) is 10.7 Å². The molecule has 2 nitrogen and oxygen atoms in total.